The van der Waals surface area contributed by atoms with E-state index in [-0.39, 0.29) is 17.9 Å². The van der Waals surface area contributed by atoms with Gasteiger partial charge in [-0.3, -0.25) is 9.59 Å². The Morgan fingerprint density at radius 2 is 1.43 bits per heavy atom. The van der Waals surface area contributed by atoms with Crippen LogP contribution in [0.2, 0.25) is 0 Å². The number of carbonyl (C=O) groups is 2. The molecule has 3 aliphatic rings. The largest absolute Gasteiger partial charge is 0.497 e. The van der Waals surface area contributed by atoms with Crippen molar-refractivity contribution in [3.8, 4) is 11.5 Å². The number of hydrogen-bond acceptors (Lipinski definition) is 6. The lowest BCUT2D eigenvalue weighted by molar-refractivity contribution is -0.134. The van der Waals surface area contributed by atoms with E-state index in [2.05, 4.69) is 10.0 Å². The van der Waals surface area contributed by atoms with Crippen LogP contribution in [0.4, 0.5) is 5.69 Å². The Morgan fingerprint density at radius 1 is 0.800 bits per heavy atom. The molecule has 178 valence electrons. The predicted octanol–water partition coefficient (Wildman–Crippen LogP) is 3.77. The lowest BCUT2D eigenvalue weighted by atomic mass is 9.75. The van der Waals surface area contributed by atoms with Crippen molar-refractivity contribution in [1.82, 2.24) is 10.0 Å². The summed E-state index contributed by atoms with van der Waals surface area (Å²) >= 11 is 0. The summed E-state index contributed by atoms with van der Waals surface area (Å²) in [5.74, 6) is 0.458. The average molecular weight is 470 g/mol. The minimum atomic E-state index is -1.10. The molecule has 0 saturated carbocycles. The van der Waals surface area contributed by atoms with Gasteiger partial charge in [-0.15, -0.1) is 0 Å². The summed E-state index contributed by atoms with van der Waals surface area (Å²) in [6, 6.07) is 24.5. The molecular weight excluding hydrogens is 442 g/mol. The number of methoxy groups -OCH3 is 2. The molecule has 0 N–H and O–H groups in total. The van der Waals surface area contributed by atoms with Crippen LogP contribution in [0.3, 0.4) is 0 Å². The first-order chi connectivity index (χ1) is 17.1. The summed E-state index contributed by atoms with van der Waals surface area (Å²) in [5.41, 5.74) is 1.31. The van der Waals surface area contributed by atoms with Crippen LogP contribution >= 0.6 is 0 Å². The Hall–Kier alpha value is -3.68. The molecule has 0 aromatic heterocycles. The highest BCUT2D eigenvalue weighted by Gasteiger charge is 2.73. The molecule has 0 spiro atoms. The van der Waals surface area contributed by atoms with Crippen LogP contribution < -0.4 is 14.4 Å². The number of nitrogens with zero attached hydrogens (tertiary/aromatic N) is 3. The third-order valence-electron chi connectivity index (χ3n) is 7.58. The fourth-order valence-corrected chi connectivity index (χ4v) is 6.11. The van der Waals surface area contributed by atoms with Crippen molar-refractivity contribution >= 4 is 17.5 Å². The van der Waals surface area contributed by atoms with E-state index in [4.69, 9.17) is 9.47 Å². The lowest BCUT2D eigenvalue weighted by Gasteiger charge is -2.36. The van der Waals surface area contributed by atoms with Crippen LogP contribution in [0.25, 0.3) is 0 Å². The van der Waals surface area contributed by atoms with Gasteiger partial charge < -0.3 is 9.47 Å². The molecule has 0 aliphatic carbocycles. The van der Waals surface area contributed by atoms with Gasteiger partial charge in [-0.05, 0) is 53.9 Å². The van der Waals surface area contributed by atoms with Crippen molar-refractivity contribution in [1.29, 1.82) is 0 Å². The number of ether oxygens (including phenoxy) is 2. The molecule has 3 aromatic rings. The van der Waals surface area contributed by atoms with Crippen LogP contribution in [0.15, 0.2) is 78.9 Å². The third-order valence-corrected chi connectivity index (χ3v) is 7.58. The molecule has 3 heterocycles. The van der Waals surface area contributed by atoms with Crippen LogP contribution in [0.5, 0.6) is 11.5 Å². The maximum Gasteiger partial charge on any atom is 0.261 e. The molecule has 7 heteroatoms. The Bertz CT molecular complexity index is 1260. The molecule has 3 saturated heterocycles. The number of anilines is 1. The van der Waals surface area contributed by atoms with E-state index in [1.54, 1.807) is 38.5 Å². The fraction of sp³-hybridized carbons (Fsp3) is 0.286. The molecule has 3 aromatic carbocycles. The highest BCUT2D eigenvalue weighted by molar-refractivity contribution is 6.26. The molecule has 3 atom stereocenters. The number of amides is 2. The van der Waals surface area contributed by atoms with Gasteiger partial charge in [0.1, 0.15) is 11.5 Å². The van der Waals surface area contributed by atoms with Crippen LogP contribution in [-0.2, 0) is 15.1 Å². The monoisotopic (exact) mass is 469 g/mol. The van der Waals surface area contributed by atoms with E-state index in [0.717, 1.165) is 29.8 Å². The van der Waals surface area contributed by atoms with Gasteiger partial charge in [-0.1, -0.05) is 42.5 Å². The number of hydrogen-bond donors (Lipinski definition) is 0. The normalized spacial score (nSPS) is 26.2. The molecule has 0 unspecified atom stereocenters. The average Bonchev–Trinajstić information content (AvgIpc) is 3.55. The summed E-state index contributed by atoms with van der Waals surface area (Å²) in [4.78, 5) is 30.1. The molecular formula is C28H27N3O4. The van der Waals surface area contributed by atoms with E-state index < -0.39 is 11.5 Å². The van der Waals surface area contributed by atoms with Crippen molar-refractivity contribution in [3.63, 3.8) is 0 Å². The van der Waals surface area contributed by atoms with Gasteiger partial charge in [0.25, 0.3) is 5.91 Å². The van der Waals surface area contributed by atoms with Crippen molar-refractivity contribution in [2.75, 3.05) is 32.2 Å². The number of carbonyl (C=O) groups excluding carboxylic acids is 2. The molecule has 7 nitrogen and oxygen atoms in total. The Morgan fingerprint density at radius 3 is 2.06 bits per heavy atom. The molecule has 3 aliphatic heterocycles. The minimum absolute atomic E-state index is 0.181. The number of imide groups is 1. The maximum absolute atomic E-state index is 14.5. The zero-order valence-electron chi connectivity index (χ0n) is 19.8. The molecule has 0 bridgehead atoms. The number of rotatable bonds is 5. The van der Waals surface area contributed by atoms with Gasteiger partial charge in [0.15, 0.2) is 5.54 Å². The van der Waals surface area contributed by atoms with Gasteiger partial charge in [0.2, 0.25) is 5.91 Å². The number of benzene rings is 3. The summed E-state index contributed by atoms with van der Waals surface area (Å²) in [6.45, 7) is 1.51. The van der Waals surface area contributed by atoms with Crippen molar-refractivity contribution in [2.24, 2.45) is 5.92 Å². The highest BCUT2D eigenvalue weighted by atomic mass is 16.5. The third kappa shape index (κ3) is 2.98. The Labute approximate surface area is 204 Å². The molecule has 0 radical (unpaired) electrons. The van der Waals surface area contributed by atoms with E-state index in [9.17, 15) is 9.59 Å². The first-order valence-electron chi connectivity index (χ1n) is 11.9. The number of hydrazine groups is 1. The second kappa shape index (κ2) is 8.22. The standard InChI is InChI=1S/C28H27N3O4/c1-34-22-13-9-19(10-14-22)25-24-26(32)31(21-11-15-23(35-2)16-12-21)27(33)28(24,20-7-4-3-5-8-20)30-18-6-17-29(25)30/h3-5,7-16,24-25H,6,17-18H2,1-2H3/t24-,25-,28+/m0/s1. The van der Waals surface area contributed by atoms with E-state index in [1.165, 1.54) is 4.90 Å². The predicted molar refractivity (Wildman–Crippen MR) is 131 cm³/mol. The Kier molecular flexibility index (Phi) is 5.12. The quantitative estimate of drug-likeness (QED) is 0.531. The second-order valence-electron chi connectivity index (χ2n) is 9.14. The van der Waals surface area contributed by atoms with Gasteiger partial charge in [0.05, 0.1) is 31.9 Å². The fourth-order valence-electron chi connectivity index (χ4n) is 6.11. The molecule has 35 heavy (non-hydrogen) atoms. The van der Waals surface area contributed by atoms with E-state index in [1.807, 2.05) is 54.6 Å². The first kappa shape index (κ1) is 21.8. The lowest BCUT2D eigenvalue weighted by Crippen LogP contribution is -2.52. The van der Waals surface area contributed by atoms with Gasteiger partial charge in [-0.25, -0.2) is 14.9 Å². The maximum atomic E-state index is 14.5. The summed E-state index contributed by atoms with van der Waals surface area (Å²) in [7, 11) is 3.23. The van der Waals surface area contributed by atoms with Crippen molar-refractivity contribution in [2.45, 2.75) is 18.0 Å². The van der Waals surface area contributed by atoms with E-state index >= 15 is 0 Å². The summed E-state index contributed by atoms with van der Waals surface area (Å²) < 4.78 is 10.6. The van der Waals surface area contributed by atoms with Gasteiger partial charge in [0, 0.05) is 13.1 Å². The van der Waals surface area contributed by atoms with E-state index in [0.29, 0.717) is 18.0 Å². The first-order valence-corrected chi connectivity index (χ1v) is 11.9. The number of fused-ring (bicyclic) bond motifs is 3. The smallest absolute Gasteiger partial charge is 0.261 e. The minimum Gasteiger partial charge on any atom is -0.497 e. The Balaban J connectivity index is 1.55. The van der Waals surface area contributed by atoms with Gasteiger partial charge >= 0.3 is 0 Å². The van der Waals surface area contributed by atoms with Gasteiger partial charge in [-0.2, -0.15) is 0 Å². The SMILES string of the molecule is COc1ccc([C@H]2[C@H]3C(=O)N(c4ccc(OC)cc4)C(=O)[C@]3(c3ccccc3)N3CCCN23)cc1. The zero-order valence-corrected chi connectivity index (χ0v) is 19.8. The highest BCUT2D eigenvalue weighted by Crippen LogP contribution is 2.59. The summed E-state index contributed by atoms with van der Waals surface area (Å²) in [5, 5.41) is 4.40. The van der Waals surface area contributed by atoms with Crippen molar-refractivity contribution < 1.29 is 19.1 Å². The molecule has 2 amide bonds. The van der Waals surface area contributed by atoms with Crippen molar-refractivity contribution in [3.05, 3.63) is 90.0 Å². The van der Waals surface area contributed by atoms with Crippen LogP contribution in [0, 0.1) is 5.92 Å². The van der Waals surface area contributed by atoms with Crippen LogP contribution in [-0.4, -0.2) is 49.1 Å². The molecule has 3 fully saturated rings. The molecule has 6 rings (SSSR count). The topological polar surface area (TPSA) is 62.3 Å². The van der Waals surface area contributed by atoms with Crippen LogP contribution in [0.1, 0.15) is 23.6 Å². The summed E-state index contributed by atoms with van der Waals surface area (Å²) in [6.07, 6.45) is 0.929. The second-order valence-corrected chi connectivity index (χ2v) is 9.14. The zero-order chi connectivity index (χ0) is 24.2.